The fraction of sp³-hybridized carbons (Fsp3) is 0.0714. The Balaban J connectivity index is 2.55. The van der Waals surface area contributed by atoms with E-state index in [9.17, 15) is 9.59 Å². The minimum absolute atomic E-state index is 0.222. The number of pyridine rings is 2. The van der Waals surface area contributed by atoms with E-state index < -0.39 is 5.97 Å². The number of carbonyl (C=O) groups is 1. The highest BCUT2D eigenvalue weighted by molar-refractivity contribution is 6.10. The molecule has 0 aliphatic rings. The van der Waals surface area contributed by atoms with E-state index in [4.69, 9.17) is 4.74 Å². The second-order valence-electron chi connectivity index (χ2n) is 4.07. The van der Waals surface area contributed by atoms with Crippen LogP contribution in [0.5, 0.6) is 0 Å². The van der Waals surface area contributed by atoms with Crippen LogP contribution in [0.25, 0.3) is 21.8 Å². The first-order chi connectivity index (χ1) is 9.22. The van der Waals surface area contributed by atoms with Crippen LogP contribution in [-0.4, -0.2) is 23.0 Å². The molecule has 0 unspecified atom stereocenters. The van der Waals surface area contributed by atoms with E-state index in [1.165, 1.54) is 19.4 Å². The molecular formula is C14H10N2O3. The van der Waals surface area contributed by atoms with Gasteiger partial charge in [0.2, 0.25) is 0 Å². The van der Waals surface area contributed by atoms with Gasteiger partial charge in [-0.2, -0.15) is 0 Å². The number of rotatable bonds is 1. The second-order valence-corrected chi connectivity index (χ2v) is 4.07. The molecule has 2 aromatic heterocycles. The first kappa shape index (κ1) is 11.4. The van der Waals surface area contributed by atoms with Gasteiger partial charge in [-0.3, -0.25) is 9.78 Å². The molecule has 3 rings (SSSR count). The summed E-state index contributed by atoms with van der Waals surface area (Å²) in [7, 11) is 1.28. The van der Waals surface area contributed by atoms with Gasteiger partial charge in [0.05, 0.1) is 29.1 Å². The van der Waals surface area contributed by atoms with Crippen LogP contribution >= 0.6 is 0 Å². The molecule has 0 aliphatic heterocycles. The normalized spacial score (nSPS) is 10.8. The fourth-order valence-corrected chi connectivity index (χ4v) is 2.16. The number of methoxy groups -OCH3 is 1. The molecule has 94 valence electrons. The van der Waals surface area contributed by atoms with E-state index in [2.05, 4.69) is 9.97 Å². The first-order valence-electron chi connectivity index (χ1n) is 5.70. The van der Waals surface area contributed by atoms with E-state index in [-0.39, 0.29) is 16.5 Å². The standard InChI is InChI=1S/C14H10N2O3/c1-19-14(18)9-6-7-15-12-8-4-2-3-5-10(8)16-13(17)11(9)12/h2-7H,1H3,(H,16,17). The third kappa shape index (κ3) is 1.67. The molecule has 0 amide bonds. The summed E-state index contributed by atoms with van der Waals surface area (Å²) in [6, 6.07) is 8.81. The molecule has 19 heavy (non-hydrogen) atoms. The third-order valence-electron chi connectivity index (χ3n) is 3.01. The van der Waals surface area contributed by atoms with Crippen molar-refractivity contribution in [1.82, 2.24) is 9.97 Å². The van der Waals surface area contributed by atoms with Crippen LogP contribution in [0.3, 0.4) is 0 Å². The Morgan fingerprint density at radius 2 is 2.05 bits per heavy atom. The lowest BCUT2D eigenvalue weighted by Crippen LogP contribution is -2.13. The minimum Gasteiger partial charge on any atom is -0.465 e. The minimum atomic E-state index is -0.548. The highest BCUT2D eigenvalue weighted by Crippen LogP contribution is 2.21. The zero-order valence-corrected chi connectivity index (χ0v) is 10.1. The van der Waals surface area contributed by atoms with E-state index in [1.54, 1.807) is 6.07 Å². The maximum atomic E-state index is 12.1. The first-order valence-corrected chi connectivity index (χ1v) is 5.70. The Kier molecular flexibility index (Phi) is 2.52. The number of aromatic nitrogens is 2. The van der Waals surface area contributed by atoms with Crippen molar-refractivity contribution in [3.8, 4) is 0 Å². The number of benzene rings is 1. The van der Waals surface area contributed by atoms with Gasteiger partial charge in [0.15, 0.2) is 0 Å². The molecule has 3 aromatic rings. The summed E-state index contributed by atoms with van der Waals surface area (Å²) in [6.07, 6.45) is 1.50. The van der Waals surface area contributed by atoms with Gasteiger partial charge in [0.1, 0.15) is 0 Å². The molecule has 0 spiro atoms. The largest absolute Gasteiger partial charge is 0.465 e. The number of fused-ring (bicyclic) bond motifs is 3. The summed E-state index contributed by atoms with van der Waals surface area (Å²) < 4.78 is 4.69. The van der Waals surface area contributed by atoms with Crippen molar-refractivity contribution >= 4 is 27.8 Å². The van der Waals surface area contributed by atoms with Crippen molar-refractivity contribution < 1.29 is 9.53 Å². The van der Waals surface area contributed by atoms with Crippen molar-refractivity contribution in [2.24, 2.45) is 0 Å². The Hall–Kier alpha value is -2.69. The SMILES string of the molecule is COC(=O)c1ccnc2c1c(=O)[nH]c1ccccc12. The Labute approximate surface area is 107 Å². The van der Waals surface area contributed by atoms with Gasteiger partial charge >= 0.3 is 5.97 Å². The van der Waals surface area contributed by atoms with E-state index >= 15 is 0 Å². The highest BCUT2D eigenvalue weighted by atomic mass is 16.5. The summed E-state index contributed by atoms with van der Waals surface area (Å²) in [5.74, 6) is -0.548. The van der Waals surface area contributed by atoms with Crippen LogP contribution in [0.2, 0.25) is 0 Å². The van der Waals surface area contributed by atoms with E-state index in [0.29, 0.717) is 11.0 Å². The third-order valence-corrected chi connectivity index (χ3v) is 3.01. The number of ether oxygens (including phenoxy) is 1. The predicted octanol–water partition coefficient (Wildman–Crippen LogP) is 1.86. The summed E-state index contributed by atoms with van der Waals surface area (Å²) in [6.45, 7) is 0. The van der Waals surface area contributed by atoms with Crippen molar-refractivity contribution in [3.05, 3.63) is 52.4 Å². The average Bonchev–Trinajstić information content (AvgIpc) is 2.46. The van der Waals surface area contributed by atoms with Crippen molar-refractivity contribution in [2.45, 2.75) is 0 Å². The maximum absolute atomic E-state index is 12.1. The number of nitrogens with zero attached hydrogens (tertiary/aromatic N) is 1. The van der Waals surface area contributed by atoms with Gasteiger partial charge in [-0.1, -0.05) is 18.2 Å². The Morgan fingerprint density at radius 1 is 1.26 bits per heavy atom. The molecule has 0 saturated heterocycles. The van der Waals surface area contributed by atoms with Crippen LogP contribution < -0.4 is 5.56 Å². The van der Waals surface area contributed by atoms with Crippen LogP contribution in [0.4, 0.5) is 0 Å². The number of carbonyl (C=O) groups excluding carboxylic acids is 1. The number of para-hydroxylation sites is 1. The zero-order chi connectivity index (χ0) is 13.4. The number of esters is 1. The topological polar surface area (TPSA) is 72.0 Å². The number of nitrogens with one attached hydrogen (secondary N) is 1. The van der Waals surface area contributed by atoms with Gasteiger partial charge in [-0.05, 0) is 12.1 Å². The molecular weight excluding hydrogens is 244 g/mol. The highest BCUT2D eigenvalue weighted by Gasteiger charge is 2.15. The van der Waals surface area contributed by atoms with Crippen LogP contribution in [0.15, 0.2) is 41.3 Å². The van der Waals surface area contributed by atoms with Crippen LogP contribution in [0.1, 0.15) is 10.4 Å². The van der Waals surface area contributed by atoms with Crippen molar-refractivity contribution in [3.63, 3.8) is 0 Å². The molecule has 0 atom stereocenters. The molecule has 0 bridgehead atoms. The molecule has 5 nitrogen and oxygen atoms in total. The van der Waals surface area contributed by atoms with E-state index in [1.807, 2.05) is 18.2 Å². The predicted molar refractivity (Wildman–Crippen MR) is 71.2 cm³/mol. The molecule has 2 heterocycles. The number of aromatic amines is 1. The number of hydrogen-bond donors (Lipinski definition) is 1. The van der Waals surface area contributed by atoms with Gasteiger partial charge in [0, 0.05) is 11.6 Å². The van der Waals surface area contributed by atoms with E-state index in [0.717, 1.165) is 5.39 Å². The fourth-order valence-electron chi connectivity index (χ4n) is 2.16. The molecule has 0 fully saturated rings. The van der Waals surface area contributed by atoms with Gasteiger partial charge in [0.25, 0.3) is 5.56 Å². The van der Waals surface area contributed by atoms with Crippen molar-refractivity contribution in [1.29, 1.82) is 0 Å². The summed E-state index contributed by atoms with van der Waals surface area (Å²) in [5, 5.41) is 1.05. The number of H-pyrrole nitrogens is 1. The van der Waals surface area contributed by atoms with Gasteiger partial charge in [-0.25, -0.2) is 4.79 Å². The quantitative estimate of drug-likeness (QED) is 0.531. The Morgan fingerprint density at radius 3 is 2.84 bits per heavy atom. The zero-order valence-electron chi connectivity index (χ0n) is 10.1. The van der Waals surface area contributed by atoms with Crippen LogP contribution in [-0.2, 0) is 4.74 Å². The van der Waals surface area contributed by atoms with Gasteiger partial charge < -0.3 is 9.72 Å². The smallest absolute Gasteiger partial charge is 0.338 e. The molecule has 1 aromatic carbocycles. The molecule has 0 aliphatic carbocycles. The maximum Gasteiger partial charge on any atom is 0.338 e. The molecule has 0 radical (unpaired) electrons. The average molecular weight is 254 g/mol. The summed E-state index contributed by atoms with van der Waals surface area (Å²) in [5.41, 5.74) is 1.07. The van der Waals surface area contributed by atoms with Crippen molar-refractivity contribution in [2.75, 3.05) is 7.11 Å². The molecule has 1 N–H and O–H groups in total. The second kappa shape index (κ2) is 4.20. The lowest BCUT2D eigenvalue weighted by atomic mass is 10.1. The lowest BCUT2D eigenvalue weighted by molar-refractivity contribution is 0.0603. The number of hydrogen-bond acceptors (Lipinski definition) is 4. The molecule has 0 saturated carbocycles. The lowest BCUT2D eigenvalue weighted by Gasteiger charge is -2.06. The molecule has 5 heteroatoms. The summed E-state index contributed by atoms with van der Waals surface area (Å²) >= 11 is 0. The monoisotopic (exact) mass is 254 g/mol. The van der Waals surface area contributed by atoms with Crippen LogP contribution in [0, 0.1) is 0 Å². The van der Waals surface area contributed by atoms with Gasteiger partial charge in [-0.15, -0.1) is 0 Å². The summed E-state index contributed by atoms with van der Waals surface area (Å²) in [4.78, 5) is 30.8. The Bertz CT molecular complexity index is 852.